The SMILES string of the molecule is CCN(C)C=O.COCCCn1c(NC(=O)c2cccc(C#N)c2)nc2ccc(C)nc21. The van der Waals surface area contributed by atoms with Crippen LogP contribution in [0.4, 0.5) is 5.95 Å². The molecule has 0 atom stereocenters. The average molecular weight is 437 g/mol. The number of methoxy groups -OCH3 is 1. The molecule has 0 aliphatic heterocycles. The van der Waals surface area contributed by atoms with Crippen molar-refractivity contribution in [1.82, 2.24) is 19.4 Å². The maximum atomic E-state index is 12.6. The average Bonchev–Trinajstić information content (AvgIpc) is 3.15. The molecule has 0 saturated carbocycles. The number of anilines is 1. The third kappa shape index (κ3) is 6.62. The van der Waals surface area contributed by atoms with Gasteiger partial charge in [0.2, 0.25) is 12.4 Å². The molecule has 0 aliphatic carbocycles. The van der Waals surface area contributed by atoms with E-state index in [0.29, 0.717) is 35.7 Å². The molecule has 168 valence electrons. The Labute approximate surface area is 187 Å². The van der Waals surface area contributed by atoms with Crippen molar-refractivity contribution in [3.63, 3.8) is 0 Å². The van der Waals surface area contributed by atoms with Crippen LogP contribution >= 0.6 is 0 Å². The topological polar surface area (TPSA) is 113 Å². The Morgan fingerprint density at radius 2 is 2.09 bits per heavy atom. The quantitative estimate of drug-likeness (QED) is 0.429. The smallest absolute Gasteiger partial charge is 0.258 e. The molecule has 1 N–H and O–H groups in total. The number of benzene rings is 1. The number of hydrogen-bond donors (Lipinski definition) is 1. The zero-order chi connectivity index (χ0) is 23.5. The highest BCUT2D eigenvalue weighted by Gasteiger charge is 2.16. The van der Waals surface area contributed by atoms with Crippen molar-refractivity contribution >= 4 is 29.4 Å². The second-order valence-electron chi connectivity index (χ2n) is 7.05. The molecule has 0 unspecified atom stereocenters. The van der Waals surface area contributed by atoms with E-state index in [1.54, 1.807) is 43.3 Å². The Balaban J connectivity index is 0.000000534. The monoisotopic (exact) mass is 436 g/mol. The molecule has 0 fully saturated rings. The Morgan fingerprint density at radius 1 is 1.31 bits per heavy atom. The van der Waals surface area contributed by atoms with Gasteiger partial charge < -0.3 is 9.64 Å². The first-order chi connectivity index (χ1) is 15.4. The van der Waals surface area contributed by atoms with Crippen molar-refractivity contribution in [2.24, 2.45) is 0 Å². The highest BCUT2D eigenvalue weighted by atomic mass is 16.5. The summed E-state index contributed by atoms with van der Waals surface area (Å²) in [7, 11) is 3.40. The summed E-state index contributed by atoms with van der Waals surface area (Å²) in [5, 5.41) is 11.8. The molecule has 9 nitrogen and oxygen atoms in total. The largest absolute Gasteiger partial charge is 0.385 e. The Bertz CT molecular complexity index is 1100. The maximum absolute atomic E-state index is 12.6. The Kier molecular flexibility index (Phi) is 9.32. The summed E-state index contributed by atoms with van der Waals surface area (Å²) in [4.78, 5) is 32.9. The summed E-state index contributed by atoms with van der Waals surface area (Å²) in [6.07, 6.45) is 1.57. The fourth-order valence-electron chi connectivity index (χ4n) is 2.75. The van der Waals surface area contributed by atoms with Gasteiger partial charge in [-0.25, -0.2) is 9.97 Å². The van der Waals surface area contributed by atoms with E-state index in [1.165, 1.54) is 0 Å². The van der Waals surface area contributed by atoms with E-state index >= 15 is 0 Å². The van der Waals surface area contributed by atoms with Crippen molar-refractivity contribution in [3.8, 4) is 6.07 Å². The van der Waals surface area contributed by atoms with Crippen LogP contribution < -0.4 is 5.32 Å². The van der Waals surface area contributed by atoms with E-state index < -0.39 is 0 Å². The Morgan fingerprint density at radius 3 is 2.72 bits per heavy atom. The number of nitriles is 1. The number of nitrogens with one attached hydrogen (secondary N) is 1. The lowest BCUT2D eigenvalue weighted by Gasteiger charge is -2.10. The van der Waals surface area contributed by atoms with Crippen LogP contribution in [0.1, 0.15) is 35.0 Å². The molecule has 0 aliphatic rings. The molecule has 3 rings (SSSR count). The van der Waals surface area contributed by atoms with E-state index in [1.807, 2.05) is 36.6 Å². The third-order valence-electron chi connectivity index (χ3n) is 4.62. The number of hydrogen-bond acceptors (Lipinski definition) is 6. The fraction of sp³-hybridized carbons (Fsp3) is 0.348. The highest BCUT2D eigenvalue weighted by molar-refractivity contribution is 6.04. The molecule has 2 aromatic heterocycles. The van der Waals surface area contributed by atoms with Crippen molar-refractivity contribution in [1.29, 1.82) is 5.26 Å². The minimum atomic E-state index is -0.317. The van der Waals surface area contributed by atoms with Crippen LogP contribution in [0.3, 0.4) is 0 Å². The van der Waals surface area contributed by atoms with Crippen LogP contribution in [0.15, 0.2) is 36.4 Å². The molecular weight excluding hydrogens is 408 g/mol. The number of amides is 2. The maximum Gasteiger partial charge on any atom is 0.258 e. The third-order valence-corrected chi connectivity index (χ3v) is 4.62. The molecule has 0 saturated heterocycles. The second kappa shape index (κ2) is 12.2. The molecule has 0 radical (unpaired) electrons. The molecule has 2 amide bonds. The van der Waals surface area contributed by atoms with Crippen LogP contribution in [0.2, 0.25) is 0 Å². The molecular formula is C23H28N6O3. The van der Waals surface area contributed by atoms with Gasteiger partial charge in [0.25, 0.3) is 5.91 Å². The number of rotatable bonds is 8. The van der Waals surface area contributed by atoms with Gasteiger partial charge in [0.05, 0.1) is 11.6 Å². The number of aryl methyl sites for hydroxylation is 2. The molecule has 2 heterocycles. The van der Waals surface area contributed by atoms with Crippen LogP contribution in [0.5, 0.6) is 0 Å². The normalized spacial score (nSPS) is 10.1. The van der Waals surface area contributed by atoms with Gasteiger partial charge in [-0.1, -0.05) is 6.07 Å². The number of nitrogens with zero attached hydrogens (tertiary/aromatic N) is 5. The summed E-state index contributed by atoms with van der Waals surface area (Å²) in [6, 6.07) is 12.4. The van der Waals surface area contributed by atoms with Crippen molar-refractivity contribution in [2.45, 2.75) is 26.8 Å². The van der Waals surface area contributed by atoms with Gasteiger partial charge >= 0.3 is 0 Å². The van der Waals surface area contributed by atoms with Gasteiger partial charge in [-0.3, -0.25) is 19.5 Å². The summed E-state index contributed by atoms with van der Waals surface area (Å²) in [6.45, 7) is 5.85. The van der Waals surface area contributed by atoms with E-state index in [-0.39, 0.29) is 5.91 Å². The zero-order valence-electron chi connectivity index (χ0n) is 18.8. The number of imidazole rings is 1. The minimum absolute atomic E-state index is 0.317. The molecule has 1 aromatic carbocycles. The lowest BCUT2D eigenvalue weighted by Crippen LogP contribution is -2.16. The molecule has 3 aromatic rings. The van der Waals surface area contributed by atoms with Crippen LogP contribution in [-0.4, -0.2) is 59.1 Å². The predicted molar refractivity (Wildman–Crippen MR) is 122 cm³/mol. The lowest BCUT2D eigenvalue weighted by molar-refractivity contribution is -0.116. The predicted octanol–water partition coefficient (Wildman–Crippen LogP) is 2.99. The standard InChI is InChI=1S/C19H19N5O2.C4H9NO/c1-13-7-8-16-17(21-13)24(9-4-10-26-2)19(22-16)23-18(25)15-6-3-5-14(11-15)12-20;1-3-5(2)4-6/h3,5-8,11H,4,9-10H2,1-2H3,(H,22,23,25);4H,3H2,1-2H3. The van der Waals surface area contributed by atoms with Gasteiger partial charge in [0.1, 0.15) is 5.52 Å². The summed E-state index contributed by atoms with van der Waals surface area (Å²) < 4.78 is 7.00. The van der Waals surface area contributed by atoms with Gasteiger partial charge in [0.15, 0.2) is 5.65 Å². The first-order valence-corrected chi connectivity index (χ1v) is 10.2. The number of fused-ring (bicyclic) bond motifs is 1. The van der Waals surface area contributed by atoms with Crippen molar-refractivity contribution in [3.05, 3.63) is 53.2 Å². The fourth-order valence-corrected chi connectivity index (χ4v) is 2.75. The first-order valence-electron chi connectivity index (χ1n) is 10.2. The van der Waals surface area contributed by atoms with E-state index in [9.17, 15) is 9.59 Å². The number of carbonyl (C=O) groups is 2. The summed E-state index contributed by atoms with van der Waals surface area (Å²) >= 11 is 0. The molecule has 0 spiro atoms. The molecule has 9 heteroatoms. The zero-order valence-corrected chi connectivity index (χ0v) is 18.8. The number of ether oxygens (including phenoxy) is 1. The number of aromatic nitrogens is 3. The minimum Gasteiger partial charge on any atom is -0.385 e. The van der Waals surface area contributed by atoms with E-state index in [4.69, 9.17) is 10.00 Å². The number of pyridine rings is 1. The van der Waals surface area contributed by atoms with Crippen molar-refractivity contribution < 1.29 is 14.3 Å². The van der Waals surface area contributed by atoms with Crippen LogP contribution in [0, 0.1) is 18.3 Å². The van der Waals surface area contributed by atoms with Gasteiger partial charge in [-0.15, -0.1) is 0 Å². The Hall–Kier alpha value is -3.77. The van der Waals surface area contributed by atoms with E-state index in [2.05, 4.69) is 15.3 Å². The second-order valence-corrected chi connectivity index (χ2v) is 7.05. The molecule has 32 heavy (non-hydrogen) atoms. The molecule has 0 bridgehead atoms. The highest BCUT2D eigenvalue weighted by Crippen LogP contribution is 2.20. The lowest BCUT2D eigenvalue weighted by atomic mass is 10.1. The summed E-state index contributed by atoms with van der Waals surface area (Å²) in [5.74, 6) is 0.115. The van der Waals surface area contributed by atoms with Crippen LogP contribution in [-0.2, 0) is 16.1 Å². The number of carbonyl (C=O) groups excluding carboxylic acids is 2. The van der Waals surface area contributed by atoms with Gasteiger partial charge in [-0.05, 0) is 50.6 Å². The van der Waals surface area contributed by atoms with Gasteiger partial charge in [-0.2, -0.15) is 5.26 Å². The van der Waals surface area contributed by atoms with E-state index in [0.717, 1.165) is 30.7 Å². The van der Waals surface area contributed by atoms with Crippen molar-refractivity contribution in [2.75, 3.05) is 32.6 Å². The summed E-state index contributed by atoms with van der Waals surface area (Å²) in [5.41, 5.74) is 3.16. The first kappa shape index (κ1) is 24.5. The van der Waals surface area contributed by atoms with Crippen LogP contribution in [0.25, 0.3) is 11.2 Å². The van der Waals surface area contributed by atoms with Gasteiger partial charge in [0, 0.05) is 45.1 Å².